The van der Waals surface area contributed by atoms with Gasteiger partial charge in [0.15, 0.2) is 0 Å². The molecule has 0 aliphatic carbocycles. The Morgan fingerprint density at radius 2 is 1.75 bits per heavy atom. The molecule has 7 heteroatoms. The molecule has 5 nitrogen and oxygen atoms in total. The molecule has 2 heterocycles. The topological polar surface area (TPSA) is 49.3 Å². The Morgan fingerprint density at radius 1 is 0.929 bits per heavy atom. The number of rotatable bonds is 6. The fourth-order valence-electron chi connectivity index (χ4n) is 2.72. The van der Waals surface area contributed by atoms with E-state index in [2.05, 4.69) is 9.97 Å². The molecule has 0 N–H and O–H groups in total. The number of pyridine rings is 2. The van der Waals surface area contributed by atoms with Crippen molar-refractivity contribution in [3.8, 4) is 0 Å². The Morgan fingerprint density at radius 3 is 2.43 bits per heavy atom. The van der Waals surface area contributed by atoms with Gasteiger partial charge in [0.25, 0.3) is 5.91 Å². The monoisotopic (exact) mass is 414 g/mol. The molecule has 0 spiro atoms. The third kappa shape index (κ3) is 5.00. The predicted octanol–water partition coefficient (Wildman–Crippen LogP) is 4.69. The molecule has 0 unspecified atom stereocenters. The van der Waals surface area contributed by atoms with E-state index in [9.17, 15) is 4.79 Å². The van der Waals surface area contributed by atoms with Crippen LogP contribution in [0.15, 0.2) is 60.9 Å². The lowest BCUT2D eigenvalue weighted by molar-refractivity contribution is 0.0728. The number of nitrogens with zero attached hydrogens (tertiary/aromatic N) is 4. The van der Waals surface area contributed by atoms with Gasteiger partial charge in [-0.2, -0.15) is 0 Å². The smallest absolute Gasteiger partial charge is 0.254 e. The minimum Gasteiger partial charge on any atom is -0.363 e. The number of anilines is 1. The van der Waals surface area contributed by atoms with Crippen molar-refractivity contribution in [1.29, 1.82) is 0 Å². The molecule has 0 saturated heterocycles. The lowest BCUT2D eigenvalue weighted by atomic mass is 10.1. The first kappa shape index (κ1) is 20.1. The van der Waals surface area contributed by atoms with Gasteiger partial charge in [0.1, 0.15) is 5.82 Å². The third-order valence-electron chi connectivity index (χ3n) is 4.17. The van der Waals surface area contributed by atoms with Crippen molar-refractivity contribution in [2.24, 2.45) is 0 Å². The molecule has 0 atom stereocenters. The highest BCUT2D eigenvalue weighted by Crippen LogP contribution is 2.24. The average Bonchev–Trinajstić information content (AvgIpc) is 2.70. The molecule has 3 aromatic rings. The highest BCUT2D eigenvalue weighted by Gasteiger charge is 2.19. The van der Waals surface area contributed by atoms with Gasteiger partial charge < -0.3 is 9.80 Å². The molecule has 0 aliphatic heterocycles. The summed E-state index contributed by atoms with van der Waals surface area (Å²) in [5, 5.41) is 0.945. The van der Waals surface area contributed by atoms with E-state index in [4.69, 9.17) is 23.2 Å². The van der Waals surface area contributed by atoms with Crippen LogP contribution in [0, 0.1) is 0 Å². The first-order chi connectivity index (χ1) is 13.4. The van der Waals surface area contributed by atoms with Crippen molar-refractivity contribution in [3.63, 3.8) is 0 Å². The summed E-state index contributed by atoms with van der Waals surface area (Å²) < 4.78 is 0. The SMILES string of the molecule is CN(C)c1cc(C(=O)N(Cc2ccc(Cl)c(Cl)c2)Cc2ccccn2)ccn1. The molecule has 28 heavy (non-hydrogen) atoms. The van der Waals surface area contributed by atoms with E-state index in [0.29, 0.717) is 28.7 Å². The summed E-state index contributed by atoms with van der Waals surface area (Å²) >= 11 is 12.2. The van der Waals surface area contributed by atoms with E-state index in [1.165, 1.54) is 0 Å². The fourth-order valence-corrected chi connectivity index (χ4v) is 3.04. The number of hydrogen-bond donors (Lipinski definition) is 0. The van der Waals surface area contributed by atoms with Gasteiger partial charge in [-0.25, -0.2) is 4.98 Å². The lowest BCUT2D eigenvalue weighted by Gasteiger charge is -2.23. The minimum atomic E-state index is -0.109. The summed E-state index contributed by atoms with van der Waals surface area (Å²) in [6.45, 7) is 0.755. The minimum absolute atomic E-state index is 0.109. The van der Waals surface area contributed by atoms with Gasteiger partial charge in [0, 0.05) is 38.6 Å². The van der Waals surface area contributed by atoms with Gasteiger partial charge >= 0.3 is 0 Å². The molecule has 0 bridgehead atoms. The van der Waals surface area contributed by atoms with Crippen LogP contribution in [0.2, 0.25) is 10.0 Å². The molecule has 0 aliphatic rings. The summed E-state index contributed by atoms with van der Waals surface area (Å²) in [6.07, 6.45) is 3.36. The van der Waals surface area contributed by atoms with Crippen LogP contribution in [0.5, 0.6) is 0 Å². The Bertz CT molecular complexity index is 964. The van der Waals surface area contributed by atoms with Crippen molar-refractivity contribution in [1.82, 2.24) is 14.9 Å². The van der Waals surface area contributed by atoms with Crippen molar-refractivity contribution >= 4 is 34.9 Å². The molecule has 1 aromatic carbocycles. The van der Waals surface area contributed by atoms with Crippen molar-refractivity contribution < 1.29 is 4.79 Å². The molecular weight excluding hydrogens is 395 g/mol. The number of carbonyl (C=O) groups is 1. The standard InChI is InChI=1S/C21H20Cl2N4O/c1-26(2)20-12-16(8-10-25-20)21(28)27(14-17-5-3-4-9-24-17)13-15-6-7-18(22)19(23)11-15/h3-12H,13-14H2,1-2H3. The predicted molar refractivity (Wildman–Crippen MR) is 113 cm³/mol. The Labute approximate surface area is 174 Å². The maximum atomic E-state index is 13.3. The lowest BCUT2D eigenvalue weighted by Crippen LogP contribution is -2.30. The molecule has 144 valence electrons. The second-order valence-electron chi connectivity index (χ2n) is 6.53. The highest BCUT2D eigenvalue weighted by molar-refractivity contribution is 6.42. The highest BCUT2D eigenvalue weighted by atomic mass is 35.5. The number of halogens is 2. The Kier molecular flexibility index (Phi) is 6.49. The van der Waals surface area contributed by atoms with Gasteiger partial charge in [-0.15, -0.1) is 0 Å². The van der Waals surface area contributed by atoms with Crippen LogP contribution in [0.1, 0.15) is 21.6 Å². The first-order valence-electron chi connectivity index (χ1n) is 8.70. The van der Waals surface area contributed by atoms with E-state index in [1.54, 1.807) is 41.6 Å². The van der Waals surface area contributed by atoms with Crippen LogP contribution in [0.25, 0.3) is 0 Å². The van der Waals surface area contributed by atoms with Gasteiger partial charge in [-0.05, 0) is 42.0 Å². The van der Waals surface area contributed by atoms with Crippen LogP contribution in [0.4, 0.5) is 5.82 Å². The van der Waals surface area contributed by atoms with Crippen LogP contribution in [-0.4, -0.2) is 34.9 Å². The number of hydrogen-bond acceptors (Lipinski definition) is 4. The quantitative estimate of drug-likeness (QED) is 0.586. The van der Waals surface area contributed by atoms with Crippen molar-refractivity contribution in [3.05, 3.63) is 87.8 Å². The fraction of sp³-hybridized carbons (Fsp3) is 0.190. The molecule has 0 radical (unpaired) electrons. The molecular formula is C21H20Cl2N4O. The number of carbonyl (C=O) groups excluding carboxylic acids is 1. The summed E-state index contributed by atoms with van der Waals surface area (Å²) in [6, 6.07) is 14.5. The molecule has 3 rings (SSSR count). The second kappa shape index (κ2) is 9.04. The maximum absolute atomic E-state index is 13.3. The number of aromatic nitrogens is 2. The van der Waals surface area contributed by atoms with Crippen LogP contribution in [0.3, 0.4) is 0 Å². The van der Waals surface area contributed by atoms with E-state index in [0.717, 1.165) is 17.1 Å². The zero-order valence-electron chi connectivity index (χ0n) is 15.6. The Balaban J connectivity index is 1.91. The largest absolute Gasteiger partial charge is 0.363 e. The van der Waals surface area contributed by atoms with Gasteiger partial charge in [0.05, 0.1) is 22.3 Å². The molecule has 0 saturated carbocycles. The second-order valence-corrected chi connectivity index (χ2v) is 7.34. The molecule has 1 amide bonds. The molecule has 0 fully saturated rings. The Hall–Kier alpha value is -2.63. The zero-order chi connectivity index (χ0) is 20.1. The van der Waals surface area contributed by atoms with E-state index in [-0.39, 0.29) is 5.91 Å². The first-order valence-corrected chi connectivity index (χ1v) is 9.46. The zero-order valence-corrected chi connectivity index (χ0v) is 17.2. The van der Waals surface area contributed by atoms with E-state index in [1.807, 2.05) is 43.3 Å². The summed E-state index contributed by atoms with van der Waals surface area (Å²) in [5.41, 5.74) is 2.26. The van der Waals surface area contributed by atoms with Crippen LogP contribution >= 0.6 is 23.2 Å². The average molecular weight is 415 g/mol. The van der Waals surface area contributed by atoms with Crippen LogP contribution < -0.4 is 4.90 Å². The van der Waals surface area contributed by atoms with Crippen LogP contribution in [-0.2, 0) is 13.1 Å². The van der Waals surface area contributed by atoms with E-state index >= 15 is 0 Å². The number of amides is 1. The summed E-state index contributed by atoms with van der Waals surface area (Å²) in [4.78, 5) is 25.5. The summed E-state index contributed by atoms with van der Waals surface area (Å²) in [7, 11) is 3.77. The third-order valence-corrected chi connectivity index (χ3v) is 4.91. The van der Waals surface area contributed by atoms with Gasteiger partial charge in [-0.1, -0.05) is 35.3 Å². The normalized spacial score (nSPS) is 10.6. The maximum Gasteiger partial charge on any atom is 0.254 e. The van der Waals surface area contributed by atoms with Crippen molar-refractivity contribution in [2.75, 3.05) is 19.0 Å². The number of benzene rings is 1. The van der Waals surface area contributed by atoms with Crippen molar-refractivity contribution in [2.45, 2.75) is 13.1 Å². The van der Waals surface area contributed by atoms with E-state index < -0.39 is 0 Å². The summed E-state index contributed by atoms with van der Waals surface area (Å²) in [5.74, 6) is 0.611. The van der Waals surface area contributed by atoms with Gasteiger partial charge in [0.2, 0.25) is 0 Å². The molecule has 2 aromatic heterocycles. The van der Waals surface area contributed by atoms with Gasteiger partial charge in [-0.3, -0.25) is 9.78 Å².